The van der Waals surface area contributed by atoms with E-state index in [1.165, 1.54) is 6.07 Å². The maximum absolute atomic E-state index is 14.1. The number of aromatic nitrogens is 2. The second-order valence-corrected chi connectivity index (χ2v) is 6.71. The summed E-state index contributed by atoms with van der Waals surface area (Å²) in [6.07, 6.45) is 3.23. The lowest BCUT2D eigenvalue weighted by Gasteiger charge is -2.33. The predicted octanol–water partition coefficient (Wildman–Crippen LogP) is 1.81. The van der Waals surface area contributed by atoms with Crippen molar-refractivity contribution in [1.82, 2.24) is 14.9 Å². The van der Waals surface area contributed by atoms with Crippen LogP contribution in [0.4, 0.5) is 10.3 Å². The molecule has 6 nitrogen and oxygen atoms in total. The molecule has 134 valence electrons. The molecule has 0 bridgehead atoms. The lowest BCUT2D eigenvalue weighted by molar-refractivity contribution is -0.118. The van der Waals surface area contributed by atoms with Gasteiger partial charge in [0.05, 0.1) is 11.3 Å². The minimum atomic E-state index is -0.284. The van der Waals surface area contributed by atoms with Gasteiger partial charge in [0.25, 0.3) is 0 Å². The summed E-state index contributed by atoms with van der Waals surface area (Å²) in [5, 5.41) is 0. The summed E-state index contributed by atoms with van der Waals surface area (Å²) in [5.41, 5.74) is 1.77. The van der Waals surface area contributed by atoms with E-state index in [0.29, 0.717) is 55.4 Å². The maximum atomic E-state index is 14.1. The largest absolute Gasteiger partial charge is 0.342 e. The first-order chi connectivity index (χ1) is 12.7. The van der Waals surface area contributed by atoms with Gasteiger partial charge in [0, 0.05) is 38.8 Å². The second kappa shape index (κ2) is 6.82. The van der Waals surface area contributed by atoms with Crippen LogP contribution in [-0.2, 0) is 11.2 Å². The van der Waals surface area contributed by atoms with Crippen LogP contribution in [0.1, 0.15) is 34.0 Å². The summed E-state index contributed by atoms with van der Waals surface area (Å²) in [4.78, 5) is 36.0. The normalized spacial score (nSPS) is 20.0. The Balaban J connectivity index is 1.59. The van der Waals surface area contributed by atoms with E-state index in [1.807, 2.05) is 4.90 Å². The lowest BCUT2D eigenvalue weighted by Crippen LogP contribution is -2.46. The quantitative estimate of drug-likeness (QED) is 0.787. The SMILES string of the molecule is O=CN1CCN(c2ncc3c(n2)C[C@H](c2ccccc2F)CC3=O)CC1. The van der Waals surface area contributed by atoms with Crippen molar-refractivity contribution in [2.75, 3.05) is 31.1 Å². The standard InChI is InChI=1S/C19H19FN4O2/c20-16-4-2-1-3-14(16)13-9-17-15(18(26)10-13)11-21-19(22-17)24-7-5-23(12-25)6-8-24/h1-4,11-13H,5-10H2/t13-/m0/s1. The number of benzene rings is 1. The number of rotatable bonds is 3. The van der Waals surface area contributed by atoms with E-state index in [2.05, 4.69) is 9.97 Å². The summed E-state index contributed by atoms with van der Waals surface area (Å²) in [6, 6.07) is 6.60. The molecule has 0 N–H and O–H groups in total. The van der Waals surface area contributed by atoms with Gasteiger partial charge in [0.2, 0.25) is 12.4 Å². The van der Waals surface area contributed by atoms with E-state index in [-0.39, 0.29) is 23.9 Å². The number of ketones is 1. The van der Waals surface area contributed by atoms with Crippen molar-refractivity contribution in [2.24, 2.45) is 0 Å². The average Bonchev–Trinajstić information content (AvgIpc) is 2.68. The van der Waals surface area contributed by atoms with Gasteiger partial charge in [-0.25, -0.2) is 14.4 Å². The first kappa shape index (κ1) is 16.6. The van der Waals surface area contributed by atoms with E-state index in [1.54, 1.807) is 29.3 Å². The van der Waals surface area contributed by atoms with Crippen molar-refractivity contribution in [1.29, 1.82) is 0 Å². The van der Waals surface area contributed by atoms with Gasteiger partial charge in [0.1, 0.15) is 5.82 Å². The predicted molar refractivity (Wildman–Crippen MR) is 93.7 cm³/mol. The van der Waals surface area contributed by atoms with E-state index in [9.17, 15) is 14.0 Å². The fraction of sp³-hybridized carbons (Fsp3) is 0.368. The molecule has 26 heavy (non-hydrogen) atoms. The van der Waals surface area contributed by atoms with Crippen molar-refractivity contribution in [3.8, 4) is 0 Å². The van der Waals surface area contributed by atoms with Crippen molar-refractivity contribution >= 4 is 18.1 Å². The summed E-state index contributed by atoms with van der Waals surface area (Å²) in [7, 11) is 0. The van der Waals surface area contributed by atoms with Crippen LogP contribution in [0.2, 0.25) is 0 Å². The molecule has 0 radical (unpaired) electrons. The Labute approximate surface area is 150 Å². The lowest BCUT2D eigenvalue weighted by atomic mass is 9.82. The molecule has 0 saturated carbocycles. The van der Waals surface area contributed by atoms with Crippen LogP contribution in [0, 0.1) is 5.82 Å². The van der Waals surface area contributed by atoms with Crippen LogP contribution in [0.5, 0.6) is 0 Å². The molecule has 1 amide bonds. The second-order valence-electron chi connectivity index (χ2n) is 6.71. The molecule has 1 atom stereocenters. The Morgan fingerprint density at radius 3 is 2.62 bits per heavy atom. The van der Waals surface area contributed by atoms with Gasteiger partial charge in [-0.1, -0.05) is 18.2 Å². The van der Waals surface area contributed by atoms with E-state index in [4.69, 9.17) is 0 Å². The van der Waals surface area contributed by atoms with Gasteiger partial charge in [-0.05, 0) is 24.0 Å². The van der Waals surface area contributed by atoms with Crippen LogP contribution < -0.4 is 4.90 Å². The molecule has 1 fully saturated rings. The molecule has 0 unspecified atom stereocenters. The summed E-state index contributed by atoms with van der Waals surface area (Å²) < 4.78 is 14.1. The molecule has 1 aliphatic heterocycles. The molecule has 2 aliphatic rings. The molecule has 0 spiro atoms. The number of carbonyl (C=O) groups is 2. The van der Waals surface area contributed by atoms with Crippen molar-refractivity contribution < 1.29 is 14.0 Å². The number of nitrogens with zero attached hydrogens (tertiary/aromatic N) is 4. The van der Waals surface area contributed by atoms with Crippen LogP contribution in [-0.4, -0.2) is 53.2 Å². The minimum absolute atomic E-state index is 0.0446. The van der Waals surface area contributed by atoms with Crippen LogP contribution in [0.3, 0.4) is 0 Å². The Morgan fingerprint density at radius 1 is 1.12 bits per heavy atom. The first-order valence-corrected chi connectivity index (χ1v) is 8.73. The highest BCUT2D eigenvalue weighted by Crippen LogP contribution is 2.33. The average molecular weight is 354 g/mol. The number of hydrogen-bond acceptors (Lipinski definition) is 5. The third-order valence-electron chi connectivity index (χ3n) is 5.12. The van der Waals surface area contributed by atoms with Crippen molar-refractivity contribution in [3.05, 3.63) is 53.1 Å². The number of amides is 1. The molecule has 1 aromatic carbocycles. The Morgan fingerprint density at radius 2 is 1.88 bits per heavy atom. The Bertz CT molecular complexity index is 849. The van der Waals surface area contributed by atoms with Gasteiger partial charge in [-0.15, -0.1) is 0 Å². The highest BCUT2D eigenvalue weighted by atomic mass is 19.1. The Hall–Kier alpha value is -2.83. The monoisotopic (exact) mass is 354 g/mol. The van der Waals surface area contributed by atoms with Gasteiger partial charge < -0.3 is 9.80 Å². The number of hydrogen-bond donors (Lipinski definition) is 0. The van der Waals surface area contributed by atoms with Gasteiger partial charge in [-0.2, -0.15) is 0 Å². The third-order valence-corrected chi connectivity index (χ3v) is 5.12. The summed E-state index contributed by atoms with van der Waals surface area (Å²) >= 11 is 0. The molecular formula is C19H19FN4O2. The fourth-order valence-electron chi connectivity index (χ4n) is 3.64. The molecule has 1 saturated heterocycles. The molecule has 4 rings (SSSR count). The smallest absolute Gasteiger partial charge is 0.225 e. The number of halogens is 1. The first-order valence-electron chi connectivity index (χ1n) is 8.73. The van der Waals surface area contributed by atoms with Crippen molar-refractivity contribution in [3.63, 3.8) is 0 Å². The van der Waals surface area contributed by atoms with Crippen LogP contribution >= 0.6 is 0 Å². The highest BCUT2D eigenvalue weighted by molar-refractivity contribution is 5.98. The topological polar surface area (TPSA) is 66.4 Å². The van der Waals surface area contributed by atoms with Crippen molar-refractivity contribution in [2.45, 2.75) is 18.8 Å². The molecule has 1 aromatic heterocycles. The summed E-state index contributed by atoms with van der Waals surface area (Å²) in [5.74, 6) is 0.0342. The zero-order valence-electron chi connectivity index (χ0n) is 14.3. The van der Waals surface area contributed by atoms with Gasteiger partial charge in [-0.3, -0.25) is 9.59 Å². The highest BCUT2D eigenvalue weighted by Gasteiger charge is 2.30. The number of Topliss-reactive ketones (excluding diaryl/α,β-unsaturated/α-hetero) is 1. The van der Waals surface area contributed by atoms with Crippen LogP contribution in [0.15, 0.2) is 30.5 Å². The van der Waals surface area contributed by atoms with E-state index >= 15 is 0 Å². The molecule has 7 heteroatoms. The van der Waals surface area contributed by atoms with Gasteiger partial charge in [0.15, 0.2) is 5.78 Å². The van der Waals surface area contributed by atoms with E-state index in [0.717, 1.165) is 6.41 Å². The molecule has 2 aromatic rings. The van der Waals surface area contributed by atoms with Crippen LogP contribution in [0.25, 0.3) is 0 Å². The molecular weight excluding hydrogens is 335 g/mol. The number of fused-ring (bicyclic) bond motifs is 1. The Kier molecular flexibility index (Phi) is 4.36. The summed E-state index contributed by atoms with van der Waals surface area (Å²) in [6.45, 7) is 2.56. The maximum Gasteiger partial charge on any atom is 0.225 e. The minimum Gasteiger partial charge on any atom is -0.342 e. The number of piperazine rings is 1. The number of anilines is 1. The van der Waals surface area contributed by atoms with E-state index < -0.39 is 0 Å². The zero-order valence-corrected chi connectivity index (χ0v) is 14.3. The third kappa shape index (κ3) is 3.05. The van der Waals surface area contributed by atoms with Gasteiger partial charge >= 0.3 is 0 Å². The molecule has 2 heterocycles. The molecule has 1 aliphatic carbocycles. The zero-order chi connectivity index (χ0) is 18.1. The number of carbonyl (C=O) groups excluding carboxylic acids is 2. The fourth-order valence-corrected chi connectivity index (χ4v) is 3.64.